The number of aliphatic hydroxyl groups excluding tert-OH is 1. The van der Waals surface area contributed by atoms with Gasteiger partial charge >= 0.3 is 12.0 Å². The number of nitrogens with zero attached hydrogens (tertiary/aromatic N) is 3. The summed E-state index contributed by atoms with van der Waals surface area (Å²) >= 11 is 0. The predicted molar refractivity (Wildman–Crippen MR) is 137 cm³/mol. The molecule has 1 aromatic rings. The van der Waals surface area contributed by atoms with Crippen LogP contribution in [0.15, 0.2) is 24.3 Å². The highest BCUT2D eigenvalue weighted by Crippen LogP contribution is 2.35. The molecule has 206 valence electrons. The fraction of sp³-hybridized carbons (Fsp3) is 0.680. The molecular formula is C25H39N4O7S+. The molecule has 0 bridgehead atoms. The minimum absolute atomic E-state index is 0.170. The maximum atomic E-state index is 13.5. The summed E-state index contributed by atoms with van der Waals surface area (Å²) in [5.74, 6) is -0.439. The van der Waals surface area contributed by atoms with Crippen molar-refractivity contribution in [2.45, 2.75) is 45.1 Å². The summed E-state index contributed by atoms with van der Waals surface area (Å²) in [5, 5.41) is 21.8. The molecule has 0 radical (unpaired) electrons. The molecule has 1 aromatic carbocycles. The van der Waals surface area contributed by atoms with Gasteiger partial charge < -0.3 is 24.4 Å². The zero-order valence-electron chi connectivity index (χ0n) is 21.6. The Bertz CT molecular complexity index is 1070. The first-order valence-electron chi connectivity index (χ1n) is 13.0. The summed E-state index contributed by atoms with van der Waals surface area (Å²) in [7, 11) is -3.76. The van der Waals surface area contributed by atoms with Gasteiger partial charge in [0.25, 0.3) is 0 Å². The summed E-state index contributed by atoms with van der Waals surface area (Å²) in [4.78, 5) is 16.2. The van der Waals surface area contributed by atoms with Crippen molar-refractivity contribution in [1.29, 1.82) is 0 Å². The van der Waals surface area contributed by atoms with E-state index in [2.05, 4.69) is 30.9 Å². The van der Waals surface area contributed by atoms with Crippen LogP contribution in [0.4, 0.5) is 10.5 Å². The molecule has 12 heteroatoms. The third-order valence-corrected chi connectivity index (χ3v) is 9.80. The number of rotatable bonds is 7. The van der Waals surface area contributed by atoms with Gasteiger partial charge in [-0.2, -0.15) is 4.31 Å². The molecule has 37 heavy (non-hydrogen) atoms. The van der Waals surface area contributed by atoms with Crippen molar-refractivity contribution in [2.75, 3.05) is 63.1 Å². The lowest BCUT2D eigenvalue weighted by atomic mass is 9.80. The Morgan fingerprint density at radius 3 is 2.49 bits per heavy atom. The van der Waals surface area contributed by atoms with Crippen molar-refractivity contribution in [3.8, 4) is 0 Å². The van der Waals surface area contributed by atoms with Crippen molar-refractivity contribution in [3.63, 3.8) is 0 Å². The van der Waals surface area contributed by atoms with Crippen molar-refractivity contribution in [3.05, 3.63) is 29.8 Å². The maximum Gasteiger partial charge on any atom is 0.410 e. The van der Waals surface area contributed by atoms with Gasteiger partial charge in [0.15, 0.2) is 0 Å². The first-order valence-corrected chi connectivity index (χ1v) is 14.6. The molecule has 3 heterocycles. The number of benzene rings is 1. The van der Waals surface area contributed by atoms with E-state index in [1.165, 1.54) is 14.8 Å². The molecule has 3 N–H and O–H groups in total. The second kappa shape index (κ2) is 11.4. The summed E-state index contributed by atoms with van der Waals surface area (Å²) in [6.07, 6.45) is 0.251. The monoisotopic (exact) mass is 539 g/mol. The largest absolute Gasteiger partial charge is 0.460 e. The van der Waals surface area contributed by atoms with E-state index in [9.17, 15) is 23.5 Å². The molecule has 4 rings (SSSR count). The first-order chi connectivity index (χ1) is 17.6. The number of hydrogen-bond donors (Lipinski definition) is 3. The Balaban J connectivity index is 1.38. The number of likely N-dealkylation sites (tertiary alicyclic amines) is 1. The standard InChI is InChI=1S/C25H38N4O7S/c1-19(2)20-4-3-5-21(16-20)27-11-13-29(14-12-27)37(33,34)18-25(23(30)26-32)7-9-28(10-8-25)24(31)36-22-6-15-35-17-22/h3-5,16,19,22,32H,6-15,17-18H2,1-2H3,(H,26,30)/p+1/t22-/m0/s1. The third kappa shape index (κ3) is 6.29. The van der Waals surface area contributed by atoms with Gasteiger partial charge in [-0.3, -0.25) is 5.21 Å². The van der Waals surface area contributed by atoms with E-state index in [1.807, 2.05) is 12.1 Å². The second-order valence-electron chi connectivity index (χ2n) is 10.5. The SMILES string of the molecule is CC(C)c1cccc(N2CCN(S(=O)(=O)CC3(/C(O)=[NH+]/O)CCN(C(=O)O[C@H]4CCOC4)CC3)CC2)c1. The number of carbonyl (C=O) groups excluding carboxylic acids is 1. The fourth-order valence-corrected chi connectivity index (χ4v) is 7.28. The topological polar surface area (TPSA) is 134 Å². The molecule has 1 atom stereocenters. The van der Waals surface area contributed by atoms with Gasteiger partial charge in [-0.15, -0.1) is 0 Å². The minimum Gasteiger partial charge on any atom is -0.460 e. The van der Waals surface area contributed by atoms with Gasteiger partial charge in [-0.25, -0.2) is 13.2 Å². The number of piperazine rings is 1. The van der Waals surface area contributed by atoms with Crippen LogP contribution in [0.3, 0.4) is 0 Å². The maximum absolute atomic E-state index is 13.5. The molecule has 3 saturated heterocycles. The fourth-order valence-electron chi connectivity index (χ4n) is 5.25. The highest BCUT2D eigenvalue weighted by Gasteiger charge is 2.50. The average molecular weight is 540 g/mol. The lowest BCUT2D eigenvalue weighted by Gasteiger charge is -2.40. The Morgan fingerprint density at radius 1 is 1.19 bits per heavy atom. The van der Waals surface area contributed by atoms with Crippen molar-refractivity contribution in [1.82, 2.24) is 9.21 Å². The summed E-state index contributed by atoms with van der Waals surface area (Å²) in [6.45, 7) is 7.42. The molecule has 0 spiro atoms. The van der Waals surface area contributed by atoms with E-state index in [0.29, 0.717) is 51.7 Å². The zero-order valence-corrected chi connectivity index (χ0v) is 22.5. The summed E-state index contributed by atoms with van der Waals surface area (Å²) in [6, 6.07) is 8.33. The highest BCUT2D eigenvalue weighted by molar-refractivity contribution is 7.89. The molecule has 3 aliphatic rings. The van der Waals surface area contributed by atoms with E-state index in [4.69, 9.17) is 9.47 Å². The molecule has 3 fully saturated rings. The van der Waals surface area contributed by atoms with E-state index >= 15 is 0 Å². The Hall–Kier alpha value is -2.57. The second-order valence-corrected chi connectivity index (χ2v) is 12.5. The zero-order chi connectivity index (χ0) is 26.6. The molecule has 0 aromatic heterocycles. The van der Waals surface area contributed by atoms with Crippen LogP contribution in [0.2, 0.25) is 0 Å². The number of amides is 1. The number of nitrogens with one attached hydrogen (secondary N) is 1. The van der Waals surface area contributed by atoms with Gasteiger partial charge in [-0.05, 0) is 41.6 Å². The van der Waals surface area contributed by atoms with E-state index in [-0.39, 0.29) is 37.8 Å². The van der Waals surface area contributed by atoms with Crippen LogP contribution >= 0.6 is 0 Å². The van der Waals surface area contributed by atoms with Crippen LogP contribution in [-0.2, 0) is 19.5 Å². The first kappa shape index (κ1) is 27.5. The molecule has 11 nitrogen and oxygen atoms in total. The smallest absolute Gasteiger partial charge is 0.410 e. The third-order valence-electron chi connectivity index (χ3n) is 7.74. The molecule has 1 amide bonds. The number of piperidine rings is 1. The number of sulfonamides is 1. The van der Waals surface area contributed by atoms with Crippen LogP contribution in [0.5, 0.6) is 0 Å². The van der Waals surface area contributed by atoms with Gasteiger partial charge in [0.05, 0.1) is 19.0 Å². The van der Waals surface area contributed by atoms with Crippen LogP contribution in [0.1, 0.15) is 44.6 Å². The van der Waals surface area contributed by atoms with Crippen molar-refractivity contribution < 1.29 is 38.2 Å². The summed E-state index contributed by atoms with van der Waals surface area (Å²) in [5.41, 5.74) is 1.10. The normalized spacial score (nSPS) is 23.4. The van der Waals surface area contributed by atoms with Crippen molar-refractivity contribution >= 4 is 27.7 Å². The van der Waals surface area contributed by atoms with Crippen LogP contribution < -0.4 is 10.1 Å². The number of anilines is 1. The van der Waals surface area contributed by atoms with Crippen LogP contribution in [0.25, 0.3) is 0 Å². The van der Waals surface area contributed by atoms with Crippen LogP contribution in [-0.4, -0.2) is 104 Å². The van der Waals surface area contributed by atoms with Gasteiger partial charge in [0.1, 0.15) is 11.5 Å². The average Bonchev–Trinajstić information content (AvgIpc) is 3.41. The lowest BCUT2D eigenvalue weighted by molar-refractivity contribution is -0.745. The highest BCUT2D eigenvalue weighted by atomic mass is 32.2. The molecule has 0 unspecified atom stereocenters. The Morgan fingerprint density at radius 2 is 1.89 bits per heavy atom. The predicted octanol–water partition coefficient (Wildman–Crippen LogP) is 0.696. The van der Waals surface area contributed by atoms with Gasteiger partial charge in [0, 0.05) is 51.4 Å². The molecule has 0 saturated carbocycles. The Kier molecular flexibility index (Phi) is 8.49. The van der Waals surface area contributed by atoms with E-state index < -0.39 is 27.4 Å². The lowest BCUT2D eigenvalue weighted by Crippen LogP contribution is -2.74. The molecular weight excluding hydrogens is 500 g/mol. The number of ether oxygens (including phenoxy) is 2. The molecule has 0 aliphatic carbocycles. The van der Waals surface area contributed by atoms with Crippen molar-refractivity contribution in [2.24, 2.45) is 5.41 Å². The number of hydrogen-bond acceptors (Lipinski definition) is 7. The van der Waals surface area contributed by atoms with E-state index in [1.54, 1.807) is 5.16 Å². The number of carbonyl (C=O) groups is 1. The van der Waals surface area contributed by atoms with Gasteiger partial charge in [-0.1, -0.05) is 26.0 Å². The van der Waals surface area contributed by atoms with E-state index in [0.717, 1.165) is 5.69 Å². The quantitative estimate of drug-likeness (QED) is 0.200. The van der Waals surface area contributed by atoms with Crippen LogP contribution in [0, 0.1) is 5.41 Å². The summed E-state index contributed by atoms with van der Waals surface area (Å²) < 4.78 is 39.1. The number of aliphatic hydroxyl groups is 1. The van der Waals surface area contributed by atoms with Gasteiger partial charge in [0.2, 0.25) is 10.0 Å². The minimum atomic E-state index is -3.76. The Labute approximate surface area is 218 Å². The molecule has 3 aliphatic heterocycles.